The third kappa shape index (κ3) is 2.50. The summed E-state index contributed by atoms with van der Waals surface area (Å²) in [5, 5.41) is 3.55. The Bertz CT molecular complexity index is 580. The average molecular weight is 287 g/mol. The van der Waals surface area contributed by atoms with Gasteiger partial charge >= 0.3 is 5.97 Å². The highest BCUT2D eigenvalue weighted by atomic mass is 16.5. The average Bonchev–Trinajstić information content (AvgIpc) is 2.84. The fourth-order valence-corrected chi connectivity index (χ4v) is 3.16. The molecule has 1 N–H and O–H groups in total. The highest BCUT2D eigenvalue weighted by Crippen LogP contribution is 2.43. The van der Waals surface area contributed by atoms with Crippen molar-refractivity contribution in [2.24, 2.45) is 0 Å². The zero-order valence-corrected chi connectivity index (χ0v) is 12.5. The zero-order chi connectivity index (χ0) is 14.8. The Hall–Kier alpha value is -1.97. The van der Waals surface area contributed by atoms with Crippen LogP contribution in [0.2, 0.25) is 0 Å². The van der Waals surface area contributed by atoms with Gasteiger partial charge in [-0.05, 0) is 38.3 Å². The first-order chi connectivity index (χ1) is 10.2. The number of esters is 1. The summed E-state index contributed by atoms with van der Waals surface area (Å²) in [4.78, 5) is 12.2. The number of anilines is 1. The molecule has 0 saturated heterocycles. The standard InChI is InChI=1S/C17H21NO3/c1-3-20-16-10-15-12(9-13(16)17(19)21-4-2)11-7-5-6-8-14(11)18-15/h5,7,9-11,14,18H,3-4,6,8H2,1-2H3. The lowest BCUT2D eigenvalue weighted by atomic mass is 9.87. The lowest BCUT2D eigenvalue weighted by Crippen LogP contribution is -2.21. The minimum absolute atomic E-state index is 0.313. The molecular formula is C17H21NO3. The van der Waals surface area contributed by atoms with Crippen molar-refractivity contribution in [1.29, 1.82) is 0 Å². The largest absolute Gasteiger partial charge is 0.493 e. The van der Waals surface area contributed by atoms with Crippen LogP contribution in [0.25, 0.3) is 0 Å². The minimum Gasteiger partial charge on any atom is -0.493 e. The third-order valence-electron chi connectivity index (χ3n) is 4.07. The number of hydrogen-bond acceptors (Lipinski definition) is 4. The molecule has 0 amide bonds. The van der Waals surface area contributed by atoms with Gasteiger partial charge in [-0.2, -0.15) is 0 Å². The van der Waals surface area contributed by atoms with E-state index in [-0.39, 0.29) is 5.97 Å². The first kappa shape index (κ1) is 14.0. The first-order valence-corrected chi connectivity index (χ1v) is 7.65. The summed E-state index contributed by atoms with van der Waals surface area (Å²) in [5.74, 6) is 0.634. The van der Waals surface area contributed by atoms with Crippen LogP contribution in [0.1, 0.15) is 48.5 Å². The van der Waals surface area contributed by atoms with Crippen LogP contribution in [0.15, 0.2) is 24.3 Å². The summed E-state index contributed by atoms with van der Waals surface area (Å²) in [7, 11) is 0. The molecule has 21 heavy (non-hydrogen) atoms. The Kier molecular flexibility index (Phi) is 3.86. The molecule has 1 aliphatic carbocycles. The summed E-state index contributed by atoms with van der Waals surface area (Å²) in [6, 6.07) is 4.31. The van der Waals surface area contributed by atoms with Gasteiger partial charge in [0.1, 0.15) is 11.3 Å². The number of rotatable bonds is 4. The molecule has 1 heterocycles. The number of fused-ring (bicyclic) bond motifs is 3. The smallest absolute Gasteiger partial charge is 0.341 e. The van der Waals surface area contributed by atoms with Crippen molar-refractivity contribution in [2.75, 3.05) is 18.5 Å². The van der Waals surface area contributed by atoms with Crippen LogP contribution in [0, 0.1) is 0 Å². The lowest BCUT2D eigenvalue weighted by molar-refractivity contribution is 0.0522. The molecule has 112 valence electrons. The van der Waals surface area contributed by atoms with Crippen molar-refractivity contribution in [3.8, 4) is 5.75 Å². The molecule has 2 aliphatic rings. The molecular weight excluding hydrogens is 266 g/mol. The van der Waals surface area contributed by atoms with Crippen LogP contribution in [0.4, 0.5) is 5.69 Å². The number of allylic oxidation sites excluding steroid dienone is 1. The van der Waals surface area contributed by atoms with Crippen LogP contribution in [-0.4, -0.2) is 25.2 Å². The van der Waals surface area contributed by atoms with E-state index >= 15 is 0 Å². The van der Waals surface area contributed by atoms with E-state index in [0.29, 0.717) is 36.5 Å². The number of carbonyl (C=O) groups excluding carboxylic acids is 1. The molecule has 2 atom stereocenters. The zero-order valence-electron chi connectivity index (χ0n) is 12.5. The Balaban J connectivity index is 2.02. The van der Waals surface area contributed by atoms with Gasteiger partial charge in [-0.1, -0.05) is 12.2 Å². The van der Waals surface area contributed by atoms with Crippen LogP contribution < -0.4 is 10.1 Å². The first-order valence-electron chi connectivity index (χ1n) is 7.65. The van der Waals surface area contributed by atoms with Crippen LogP contribution in [0.5, 0.6) is 5.75 Å². The molecule has 0 spiro atoms. The molecule has 4 nitrogen and oxygen atoms in total. The number of benzene rings is 1. The van der Waals surface area contributed by atoms with Crippen LogP contribution in [0.3, 0.4) is 0 Å². The van der Waals surface area contributed by atoms with Crippen molar-refractivity contribution >= 4 is 11.7 Å². The summed E-state index contributed by atoms with van der Waals surface area (Å²) < 4.78 is 10.8. The molecule has 0 fully saturated rings. The summed E-state index contributed by atoms with van der Waals surface area (Å²) in [5.41, 5.74) is 2.77. The van der Waals surface area contributed by atoms with Gasteiger partial charge in [-0.25, -0.2) is 4.79 Å². The Morgan fingerprint density at radius 2 is 2.19 bits per heavy atom. The quantitative estimate of drug-likeness (QED) is 0.680. The number of hydrogen-bond donors (Lipinski definition) is 1. The molecule has 0 aromatic heterocycles. The lowest BCUT2D eigenvalue weighted by Gasteiger charge is -2.20. The molecule has 2 unspecified atom stereocenters. The normalized spacial score (nSPS) is 22.2. The van der Waals surface area contributed by atoms with Gasteiger partial charge < -0.3 is 14.8 Å². The van der Waals surface area contributed by atoms with Gasteiger partial charge in [0.15, 0.2) is 0 Å². The van der Waals surface area contributed by atoms with Crippen molar-refractivity contribution in [3.05, 3.63) is 35.4 Å². The van der Waals surface area contributed by atoms with Crippen molar-refractivity contribution in [3.63, 3.8) is 0 Å². The van der Waals surface area contributed by atoms with E-state index in [9.17, 15) is 4.79 Å². The molecule has 1 aliphatic heterocycles. The summed E-state index contributed by atoms with van der Waals surface area (Å²) in [6.45, 7) is 4.62. The maximum Gasteiger partial charge on any atom is 0.341 e. The third-order valence-corrected chi connectivity index (χ3v) is 4.07. The summed E-state index contributed by atoms with van der Waals surface area (Å²) >= 11 is 0. The maximum atomic E-state index is 12.2. The fraction of sp³-hybridized carbons (Fsp3) is 0.471. The van der Waals surface area contributed by atoms with Gasteiger partial charge in [-0.3, -0.25) is 0 Å². The Labute approximate surface area is 125 Å². The molecule has 0 bridgehead atoms. The van der Waals surface area contributed by atoms with Crippen molar-refractivity contribution < 1.29 is 14.3 Å². The minimum atomic E-state index is -0.313. The fourth-order valence-electron chi connectivity index (χ4n) is 3.16. The predicted molar refractivity (Wildman–Crippen MR) is 82.1 cm³/mol. The molecule has 4 heteroatoms. The maximum absolute atomic E-state index is 12.2. The van der Waals surface area contributed by atoms with Gasteiger partial charge in [0.05, 0.1) is 13.2 Å². The monoisotopic (exact) mass is 287 g/mol. The molecule has 3 rings (SSSR count). The van der Waals surface area contributed by atoms with Crippen LogP contribution >= 0.6 is 0 Å². The van der Waals surface area contributed by atoms with E-state index < -0.39 is 0 Å². The van der Waals surface area contributed by atoms with E-state index in [0.717, 1.165) is 18.5 Å². The Morgan fingerprint density at radius 3 is 2.95 bits per heavy atom. The summed E-state index contributed by atoms with van der Waals surface area (Å²) in [6.07, 6.45) is 6.68. The second kappa shape index (κ2) is 5.80. The molecule has 1 aromatic carbocycles. The second-order valence-corrected chi connectivity index (χ2v) is 5.37. The molecule has 1 aromatic rings. The van der Waals surface area contributed by atoms with E-state index in [2.05, 4.69) is 17.5 Å². The van der Waals surface area contributed by atoms with Gasteiger partial charge in [0.2, 0.25) is 0 Å². The topological polar surface area (TPSA) is 47.6 Å². The highest BCUT2D eigenvalue weighted by molar-refractivity contribution is 5.94. The van der Waals surface area contributed by atoms with Gasteiger partial charge in [-0.15, -0.1) is 0 Å². The molecule has 0 saturated carbocycles. The van der Waals surface area contributed by atoms with Gasteiger partial charge in [0.25, 0.3) is 0 Å². The highest BCUT2D eigenvalue weighted by Gasteiger charge is 2.33. The van der Waals surface area contributed by atoms with Crippen LogP contribution in [-0.2, 0) is 4.74 Å². The number of carbonyl (C=O) groups is 1. The predicted octanol–water partition coefficient (Wildman–Crippen LogP) is 3.49. The second-order valence-electron chi connectivity index (χ2n) is 5.37. The van der Waals surface area contributed by atoms with E-state index in [1.165, 1.54) is 5.56 Å². The Morgan fingerprint density at radius 1 is 1.33 bits per heavy atom. The molecule has 0 radical (unpaired) electrons. The van der Waals surface area contributed by atoms with E-state index in [1.807, 2.05) is 26.0 Å². The van der Waals surface area contributed by atoms with E-state index in [1.54, 1.807) is 0 Å². The number of nitrogens with one attached hydrogen (secondary N) is 1. The van der Waals surface area contributed by atoms with Crippen molar-refractivity contribution in [1.82, 2.24) is 0 Å². The number of ether oxygens (including phenoxy) is 2. The van der Waals surface area contributed by atoms with Crippen molar-refractivity contribution in [2.45, 2.75) is 38.6 Å². The SMILES string of the molecule is CCOC(=O)c1cc2c(cc1OCC)NC1CCC=CC21. The van der Waals surface area contributed by atoms with Gasteiger partial charge in [0, 0.05) is 23.7 Å². The van der Waals surface area contributed by atoms with E-state index in [4.69, 9.17) is 9.47 Å².